The summed E-state index contributed by atoms with van der Waals surface area (Å²) < 4.78 is 5.27. The monoisotopic (exact) mass is 308 g/mol. The maximum absolute atomic E-state index is 10.7. The molecule has 21 heavy (non-hydrogen) atoms. The van der Waals surface area contributed by atoms with E-state index in [1.54, 1.807) is 7.11 Å². The van der Waals surface area contributed by atoms with Gasteiger partial charge in [0.1, 0.15) is 5.75 Å². The van der Waals surface area contributed by atoms with Crippen molar-refractivity contribution in [2.45, 2.75) is 51.0 Å². The second-order valence-corrected chi connectivity index (χ2v) is 7.12. The Morgan fingerprint density at radius 1 is 1.14 bits per heavy atom. The molecule has 0 amide bonds. The summed E-state index contributed by atoms with van der Waals surface area (Å²) in [6.07, 6.45) is 8.77. The molecule has 0 bridgehead atoms. The third-order valence-electron chi connectivity index (χ3n) is 5.54. The molecule has 0 radical (unpaired) electrons. The first-order valence-electron chi connectivity index (χ1n) is 8.20. The highest BCUT2D eigenvalue weighted by Crippen LogP contribution is 2.46. The van der Waals surface area contributed by atoms with Gasteiger partial charge in [-0.05, 0) is 54.7 Å². The molecule has 1 N–H and O–H groups in total. The Bertz CT molecular complexity index is 488. The summed E-state index contributed by atoms with van der Waals surface area (Å²) in [6.45, 7) is 0. The van der Waals surface area contributed by atoms with Crippen molar-refractivity contribution >= 4 is 11.6 Å². The zero-order valence-electron chi connectivity index (χ0n) is 12.7. The lowest BCUT2D eigenvalue weighted by Gasteiger charge is -2.40. The molecular formula is C18H25ClO2. The first kappa shape index (κ1) is 15.2. The van der Waals surface area contributed by atoms with Crippen LogP contribution in [0.25, 0.3) is 0 Å². The molecule has 4 atom stereocenters. The van der Waals surface area contributed by atoms with Crippen LogP contribution in [0, 0.1) is 17.8 Å². The standard InChI is InChI=1S/C18H25ClO2/c1-21-17-11-15(8-9-16(17)19)18(20)14-7-6-12-4-2-3-5-13(12)10-14/h8-9,11-14,18,20H,2-7,10H2,1H3. The van der Waals surface area contributed by atoms with Crippen LogP contribution < -0.4 is 4.74 Å². The molecule has 0 aliphatic heterocycles. The quantitative estimate of drug-likeness (QED) is 0.852. The van der Waals surface area contributed by atoms with Gasteiger partial charge in [-0.3, -0.25) is 0 Å². The highest BCUT2D eigenvalue weighted by molar-refractivity contribution is 6.32. The lowest BCUT2D eigenvalue weighted by molar-refractivity contribution is 0.0348. The molecule has 0 spiro atoms. The number of rotatable bonds is 3. The molecule has 1 aromatic rings. The summed E-state index contributed by atoms with van der Waals surface area (Å²) in [7, 11) is 1.62. The summed E-state index contributed by atoms with van der Waals surface area (Å²) in [5.74, 6) is 2.79. The van der Waals surface area contributed by atoms with E-state index in [1.165, 1.54) is 38.5 Å². The van der Waals surface area contributed by atoms with Gasteiger partial charge >= 0.3 is 0 Å². The van der Waals surface area contributed by atoms with Gasteiger partial charge in [-0.15, -0.1) is 0 Å². The Morgan fingerprint density at radius 3 is 2.67 bits per heavy atom. The largest absolute Gasteiger partial charge is 0.495 e. The smallest absolute Gasteiger partial charge is 0.137 e. The molecule has 0 aromatic heterocycles. The van der Waals surface area contributed by atoms with Crippen LogP contribution in [0.1, 0.15) is 56.6 Å². The van der Waals surface area contributed by atoms with E-state index in [9.17, 15) is 5.11 Å². The van der Waals surface area contributed by atoms with E-state index < -0.39 is 0 Å². The van der Waals surface area contributed by atoms with Crippen LogP contribution in [0.2, 0.25) is 5.02 Å². The number of fused-ring (bicyclic) bond motifs is 1. The van der Waals surface area contributed by atoms with Crippen LogP contribution in [0.4, 0.5) is 0 Å². The number of methoxy groups -OCH3 is 1. The van der Waals surface area contributed by atoms with Crippen LogP contribution in [0.5, 0.6) is 5.75 Å². The lowest BCUT2D eigenvalue weighted by Crippen LogP contribution is -2.30. The van der Waals surface area contributed by atoms with Crippen LogP contribution in [-0.2, 0) is 0 Å². The fourth-order valence-electron chi connectivity index (χ4n) is 4.33. The summed E-state index contributed by atoms with van der Waals surface area (Å²) >= 11 is 6.07. The number of hydrogen-bond acceptors (Lipinski definition) is 2. The zero-order chi connectivity index (χ0) is 14.8. The van der Waals surface area contributed by atoms with Crippen molar-refractivity contribution in [2.75, 3.05) is 7.11 Å². The van der Waals surface area contributed by atoms with Gasteiger partial charge < -0.3 is 9.84 Å². The number of aliphatic hydroxyl groups excluding tert-OH is 1. The average Bonchev–Trinajstić information content (AvgIpc) is 2.54. The van der Waals surface area contributed by atoms with Crippen molar-refractivity contribution in [3.8, 4) is 5.75 Å². The van der Waals surface area contributed by atoms with Crippen LogP contribution in [0.3, 0.4) is 0 Å². The van der Waals surface area contributed by atoms with E-state index in [0.29, 0.717) is 16.7 Å². The Hall–Kier alpha value is -0.730. The zero-order valence-corrected chi connectivity index (χ0v) is 13.5. The lowest BCUT2D eigenvalue weighted by atomic mass is 9.66. The van der Waals surface area contributed by atoms with E-state index in [0.717, 1.165) is 23.8 Å². The fourth-order valence-corrected chi connectivity index (χ4v) is 4.52. The van der Waals surface area contributed by atoms with E-state index in [-0.39, 0.29) is 6.10 Å². The molecule has 0 saturated heterocycles. The van der Waals surface area contributed by atoms with Crippen LogP contribution in [-0.4, -0.2) is 12.2 Å². The van der Waals surface area contributed by atoms with Gasteiger partial charge in [-0.1, -0.05) is 43.4 Å². The summed E-state index contributed by atoms with van der Waals surface area (Å²) in [4.78, 5) is 0. The molecule has 3 rings (SSSR count). The van der Waals surface area contributed by atoms with Gasteiger partial charge in [0.2, 0.25) is 0 Å². The molecule has 0 heterocycles. The molecule has 2 aliphatic rings. The Labute approximate surface area is 132 Å². The number of benzene rings is 1. The first-order chi connectivity index (χ1) is 10.2. The minimum Gasteiger partial charge on any atom is -0.495 e. The highest BCUT2D eigenvalue weighted by Gasteiger charge is 2.35. The van der Waals surface area contributed by atoms with Gasteiger partial charge in [0.05, 0.1) is 18.2 Å². The second-order valence-electron chi connectivity index (χ2n) is 6.72. The van der Waals surface area contributed by atoms with Gasteiger partial charge in [0.25, 0.3) is 0 Å². The van der Waals surface area contributed by atoms with Crippen LogP contribution >= 0.6 is 11.6 Å². The third-order valence-corrected chi connectivity index (χ3v) is 5.86. The predicted molar refractivity (Wildman–Crippen MR) is 85.8 cm³/mol. The van der Waals surface area contributed by atoms with Gasteiger partial charge in [-0.25, -0.2) is 0 Å². The molecule has 116 valence electrons. The van der Waals surface area contributed by atoms with E-state index in [1.807, 2.05) is 18.2 Å². The topological polar surface area (TPSA) is 29.5 Å². The molecule has 3 heteroatoms. The van der Waals surface area contributed by atoms with Gasteiger partial charge in [0.15, 0.2) is 0 Å². The van der Waals surface area contributed by atoms with Crippen molar-refractivity contribution in [1.82, 2.24) is 0 Å². The van der Waals surface area contributed by atoms with Crippen molar-refractivity contribution in [2.24, 2.45) is 17.8 Å². The van der Waals surface area contributed by atoms with Crippen molar-refractivity contribution in [3.05, 3.63) is 28.8 Å². The molecular weight excluding hydrogens is 284 g/mol. The number of halogens is 1. The van der Waals surface area contributed by atoms with Crippen molar-refractivity contribution < 1.29 is 9.84 Å². The molecule has 1 aromatic carbocycles. The molecule has 4 unspecified atom stereocenters. The highest BCUT2D eigenvalue weighted by atomic mass is 35.5. The second kappa shape index (κ2) is 6.58. The minimum atomic E-state index is -0.390. The minimum absolute atomic E-state index is 0.384. The number of aliphatic hydroxyl groups is 1. The van der Waals surface area contributed by atoms with Gasteiger partial charge in [-0.2, -0.15) is 0 Å². The fraction of sp³-hybridized carbons (Fsp3) is 0.667. The maximum Gasteiger partial charge on any atom is 0.137 e. The summed E-state index contributed by atoms with van der Waals surface area (Å²) in [5, 5.41) is 11.3. The number of ether oxygens (including phenoxy) is 1. The molecule has 2 fully saturated rings. The van der Waals surface area contributed by atoms with E-state index in [2.05, 4.69) is 0 Å². The Morgan fingerprint density at radius 2 is 1.90 bits per heavy atom. The predicted octanol–water partition coefficient (Wildman–Crippen LogP) is 4.99. The van der Waals surface area contributed by atoms with Gasteiger partial charge in [0, 0.05) is 0 Å². The SMILES string of the molecule is COc1cc(C(O)C2CCC3CCCCC3C2)ccc1Cl. The number of hydrogen-bond donors (Lipinski definition) is 1. The molecule has 2 aliphatic carbocycles. The summed E-state index contributed by atoms with van der Waals surface area (Å²) in [5.41, 5.74) is 0.940. The Kier molecular flexibility index (Phi) is 4.75. The molecule has 2 saturated carbocycles. The first-order valence-corrected chi connectivity index (χ1v) is 8.58. The third kappa shape index (κ3) is 3.22. The van der Waals surface area contributed by atoms with E-state index >= 15 is 0 Å². The normalized spacial score (nSPS) is 30.5. The Balaban J connectivity index is 1.71. The summed E-state index contributed by atoms with van der Waals surface area (Å²) in [6, 6.07) is 5.65. The average molecular weight is 309 g/mol. The van der Waals surface area contributed by atoms with Crippen molar-refractivity contribution in [1.29, 1.82) is 0 Å². The van der Waals surface area contributed by atoms with Crippen molar-refractivity contribution in [3.63, 3.8) is 0 Å². The molecule has 2 nitrogen and oxygen atoms in total. The maximum atomic E-state index is 10.7. The van der Waals surface area contributed by atoms with Crippen LogP contribution in [0.15, 0.2) is 18.2 Å². The van der Waals surface area contributed by atoms with E-state index in [4.69, 9.17) is 16.3 Å².